The molecule has 0 saturated heterocycles. The van der Waals surface area contributed by atoms with Crippen molar-refractivity contribution in [1.29, 1.82) is 0 Å². The summed E-state index contributed by atoms with van der Waals surface area (Å²) in [7, 11) is 1.88. The summed E-state index contributed by atoms with van der Waals surface area (Å²) in [5, 5.41) is 7.12. The fourth-order valence-electron chi connectivity index (χ4n) is 3.17. The van der Waals surface area contributed by atoms with E-state index in [1.165, 1.54) is 38.5 Å². The maximum absolute atomic E-state index is 4.35. The number of halogens is 1. The first-order valence-electron chi connectivity index (χ1n) is 7.17. The van der Waals surface area contributed by atoms with E-state index in [0.717, 1.165) is 17.8 Å². The molecule has 0 aliphatic heterocycles. The minimum Gasteiger partial charge on any atom is -0.354 e. The predicted octanol–water partition coefficient (Wildman–Crippen LogP) is 3.15. The van der Waals surface area contributed by atoms with Crippen LogP contribution in [0, 0.1) is 11.8 Å². The Hall–Kier alpha value is 0. The Morgan fingerprint density at radius 2 is 1.50 bits per heavy atom. The van der Waals surface area contributed by atoms with Crippen molar-refractivity contribution in [2.24, 2.45) is 16.8 Å². The molecule has 0 aromatic rings. The largest absolute Gasteiger partial charge is 0.354 e. The van der Waals surface area contributed by atoms with Gasteiger partial charge in [-0.2, -0.15) is 0 Å². The number of guanidine groups is 1. The quantitative estimate of drug-likeness (QED) is 0.448. The smallest absolute Gasteiger partial charge is 0.191 e. The predicted molar refractivity (Wildman–Crippen MR) is 88.7 cm³/mol. The third-order valence-corrected chi connectivity index (χ3v) is 4.19. The summed E-state index contributed by atoms with van der Waals surface area (Å²) in [6.45, 7) is 4.74. The zero-order valence-electron chi connectivity index (χ0n) is 11.9. The van der Waals surface area contributed by atoms with E-state index in [-0.39, 0.29) is 24.0 Å². The first-order chi connectivity index (χ1) is 8.17. The number of nitrogens with zero attached hydrogens (tertiary/aromatic N) is 1. The first-order valence-corrected chi connectivity index (χ1v) is 7.17. The number of aliphatic imine (C=N–C) groups is 1. The van der Waals surface area contributed by atoms with Crippen LogP contribution < -0.4 is 10.6 Å². The van der Waals surface area contributed by atoms with Gasteiger partial charge in [0.15, 0.2) is 5.96 Å². The third-order valence-electron chi connectivity index (χ3n) is 4.19. The van der Waals surface area contributed by atoms with E-state index in [1.54, 1.807) is 0 Å². The van der Waals surface area contributed by atoms with Gasteiger partial charge < -0.3 is 10.6 Å². The highest BCUT2D eigenvalue weighted by Crippen LogP contribution is 2.28. The highest BCUT2D eigenvalue weighted by molar-refractivity contribution is 14.0. The Kier molecular flexibility index (Phi) is 6.74. The molecule has 18 heavy (non-hydrogen) atoms. The zero-order valence-corrected chi connectivity index (χ0v) is 14.2. The third kappa shape index (κ3) is 4.59. The van der Waals surface area contributed by atoms with Crippen LogP contribution in [0.2, 0.25) is 0 Å². The molecular weight excluding hydrogens is 337 g/mol. The van der Waals surface area contributed by atoms with E-state index in [4.69, 9.17) is 0 Å². The molecule has 2 aliphatic carbocycles. The van der Waals surface area contributed by atoms with Gasteiger partial charge in [-0.15, -0.1) is 24.0 Å². The second-order valence-electron chi connectivity index (χ2n) is 6.10. The molecule has 106 valence electrons. The molecule has 2 N–H and O–H groups in total. The molecule has 2 fully saturated rings. The summed E-state index contributed by atoms with van der Waals surface area (Å²) >= 11 is 0. The van der Waals surface area contributed by atoms with E-state index in [0.29, 0.717) is 12.1 Å². The van der Waals surface area contributed by atoms with Crippen molar-refractivity contribution in [3.8, 4) is 0 Å². The molecule has 2 aliphatic rings. The average Bonchev–Trinajstić information content (AvgIpc) is 2.20. The van der Waals surface area contributed by atoms with Crippen molar-refractivity contribution >= 4 is 29.9 Å². The fourth-order valence-corrected chi connectivity index (χ4v) is 3.17. The summed E-state index contributed by atoms with van der Waals surface area (Å²) in [6, 6.07) is 1.28. The van der Waals surface area contributed by atoms with E-state index in [1.807, 2.05) is 7.05 Å². The zero-order chi connectivity index (χ0) is 12.3. The average molecular weight is 365 g/mol. The molecule has 0 aromatic heterocycles. The van der Waals surface area contributed by atoms with Crippen LogP contribution in [0.4, 0.5) is 0 Å². The van der Waals surface area contributed by atoms with Crippen LogP contribution in [0.3, 0.4) is 0 Å². The van der Waals surface area contributed by atoms with Gasteiger partial charge in [0.1, 0.15) is 0 Å². The molecule has 0 heterocycles. The molecule has 0 aromatic carbocycles. The Bertz CT molecular complexity index is 266. The van der Waals surface area contributed by atoms with Crippen LogP contribution in [-0.2, 0) is 0 Å². The van der Waals surface area contributed by atoms with Crippen LogP contribution in [0.1, 0.15) is 52.4 Å². The SMILES string of the molecule is CN=C(NC1CCC1)NC1CC(C)CC(C)C1.I. The number of nitrogens with one attached hydrogen (secondary N) is 2. The molecule has 2 rings (SSSR count). The molecule has 0 spiro atoms. The lowest BCUT2D eigenvalue weighted by molar-refractivity contribution is 0.253. The second-order valence-corrected chi connectivity index (χ2v) is 6.10. The molecular formula is C14H28IN3. The minimum atomic E-state index is 0. The topological polar surface area (TPSA) is 36.4 Å². The summed E-state index contributed by atoms with van der Waals surface area (Å²) < 4.78 is 0. The van der Waals surface area contributed by atoms with E-state index in [2.05, 4.69) is 29.5 Å². The first kappa shape index (κ1) is 16.1. The highest BCUT2D eigenvalue weighted by Gasteiger charge is 2.25. The van der Waals surface area contributed by atoms with Gasteiger partial charge in [0, 0.05) is 19.1 Å². The van der Waals surface area contributed by atoms with Gasteiger partial charge in [-0.1, -0.05) is 13.8 Å². The summed E-state index contributed by atoms with van der Waals surface area (Å²) in [5.74, 6) is 2.71. The van der Waals surface area contributed by atoms with Gasteiger partial charge >= 0.3 is 0 Å². The van der Waals surface area contributed by atoms with E-state index < -0.39 is 0 Å². The molecule has 2 unspecified atom stereocenters. The van der Waals surface area contributed by atoms with Crippen LogP contribution in [0.25, 0.3) is 0 Å². The van der Waals surface area contributed by atoms with Crippen LogP contribution in [0.5, 0.6) is 0 Å². The van der Waals surface area contributed by atoms with Gasteiger partial charge in [0.2, 0.25) is 0 Å². The van der Waals surface area contributed by atoms with E-state index >= 15 is 0 Å². The van der Waals surface area contributed by atoms with Gasteiger partial charge in [0.25, 0.3) is 0 Å². The lowest BCUT2D eigenvalue weighted by Gasteiger charge is -2.35. The molecule has 0 radical (unpaired) electrons. The Balaban J connectivity index is 0.00000162. The molecule has 2 atom stereocenters. The summed E-state index contributed by atoms with van der Waals surface area (Å²) in [5.41, 5.74) is 0. The Labute approximate surface area is 129 Å². The van der Waals surface area contributed by atoms with Gasteiger partial charge in [0.05, 0.1) is 0 Å². The second kappa shape index (κ2) is 7.56. The minimum absolute atomic E-state index is 0. The maximum atomic E-state index is 4.35. The van der Waals surface area contributed by atoms with Crippen molar-refractivity contribution < 1.29 is 0 Å². The van der Waals surface area contributed by atoms with Crippen molar-refractivity contribution in [1.82, 2.24) is 10.6 Å². The fraction of sp³-hybridized carbons (Fsp3) is 0.929. The van der Waals surface area contributed by atoms with Crippen molar-refractivity contribution in [3.63, 3.8) is 0 Å². The van der Waals surface area contributed by atoms with Gasteiger partial charge in [-0.05, 0) is 50.4 Å². The van der Waals surface area contributed by atoms with Crippen LogP contribution >= 0.6 is 24.0 Å². The number of rotatable bonds is 2. The molecule has 2 saturated carbocycles. The molecule has 3 nitrogen and oxygen atoms in total. The van der Waals surface area contributed by atoms with Crippen LogP contribution in [-0.4, -0.2) is 25.1 Å². The number of hydrogen-bond donors (Lipinski definition) is 2. The lowest BCUT2D eigenvalue weighted by atomic mass is 9.80. The Morgan fingerprint density at radius 3 is 1.94 bits per heavy atom. The molecule has 0 amide bonds. The highest BCUT2D eigenvalue weighted by atomic mass is 127. The van der Waals surface area contributed by atoms with Crippen LogP contribution in [0.15, 0.2) is 4.99 Å². The molecule has 4 heteroatoms. The monoisotopic (exact) mass is 365 g/mol. The summed E-state index contributed by atoms with van der Waals surface area (Å²) in [6.07, 6.45) is 7.93. The molecule has 0 bridgehead atoms. The summed E-state index contributed by atoms with van der Waals surface area (Å²) in [4.78, 5) is 4.35. The maximum Gasteiger partial charge on any atom is 0.191 e. The van der Waals surface area contributed by atoms with Crippen molar-refractivity contribution in [2.75, 3.05) is 7.05 Å². The van der Waals surface area contributed by atoms with Gasteiger partial charge in [-0.25, -0.2) is 0 Å². The van der Waals surface area contributed by atoms with Gasteiger partial charge in [-0.3, -0.25) is 4.99 Å². The van der Waals surface area contributed by atoms with E-state index in [9.17, 15) is 0 Å². The normalized spacial score (nSPS) is 33.3. The standard InChI is InChI=1S/C14H27N3.HI/c1-10-7-11(2)9-13(8-10)17-14(15-3)16-12-5-4-6-12;/h10-13H,4-9H2,1-3H3,(H2,15,16,17);1H. The lowest BCUT2D eigenvalue weighted by Crippen LogP contribution is -2.50. The Morgan fingerprint density at radius 1 is 0.944 bits per heavy atom. The number of hydrogen-bond acceptors (Lipinski definition) is 1. The van der Waals surface area contributed by atoms with Crippen molar-refractivity contribution in [2.45, 2.75) is 64.5 Å². The van der Waals surface area contributed by atoms with Crippen molar-refractivity contribution in [3.05, 3.63) is 0 Å².